The number of benzene rings is 2. The maximum Gasteiger partial charge on any atom is 0.244 e. The van der Waals surface area contributed by atoms with Crippen molar-refractivity contribution < 1.29 is 9.59 Å². The van der Waals surface area contributed by atoms with Crippen LogP contribution in [-0.4, -0.2) is 34.9 Å². The Bertz CT molecular complexity index is 964. The third kappa shape index (κ3) is 4.62. The molecule has 0 aliphatic rings. The van der Waals surface area contributed by atoms with Crippen molar-refractivity contribution in [3.63, 3.8) is 0 Å². The number of nitrogens with one attached hydrogen (secondary N) is 1. The average molecular weight is 404 g/mol. The van der Waals surface area contributed by atoms with E-state index in [0.717, 1.165) is 10.9 Å². The van der Waals surface area contributed by atoms with Gasteiger partial charge in [-0.3, -0.25) is 9.59 Å². The molecular weight excluding hydrogens is 385 g/mol. The molecule has 0 radical (unpaired) electrons. The summed E-state index contributed by atoms with van der Waals surface area (Å²) in [6.07, 6.45) is 2.26. The largest absolute Gasteiger partial charge is 0.347 e. The van der Waals surface area contributed by atoms with Gasteiger partial charge in [0, 0.05) is 31.7 Å². The van der Waals surface area contributed by atoms with Crippen molar-refractivity contribution in [2.45, 2.75) is 13.0 Å². The summed E-state index contributed by atoms with van der Waals surface area (Å²) in [6, 6.07) is 15.0. The van der Waals surface area contributed by atoms with Crippen molar-refractivity contribution in [3.8, 4) is 0 Å². The van der Waals surface area contributed by atoms with Gasteiger partial charge in [-0.2, -0.15) is 0 Å². The second kappa shape index (κ2) is 8.46. The molecule has 2 aromatic carbocycles. The van der Waals surface area contributed by atoms with Gasteiger partial charge in [-0.15, -0.1) is 0 Å². The Morgan fingerprint density at radius 1 is 1.04 bits per heavy atom. The molecule has 1 heterocycles. The van der Waals surface area contributed by atoms with E-state index < -0.39 is 0 Å². The van der Waals surface area contributed by atoms with E-state index in [2.05, 4.69) is 5.32 Å². The first-order valence-corrected chi connectivity index (χ1v) is 9.23. The smallest absolute Gasteiger partial charge is 0.244 e. The maximum atomic E-state index is 12.4. The second-order valence-corrected chi connectivity index (χ2v) is 7.03. The Balaban J connectivity index is 1.55. The van der Waals surface area contributed by atoms with Crippen LogP contribution >= 0.6 is 23.2 Å². The highest BCUT2D eigenvalue weighted by Crippen LogP contribution is 2.29. The number of aromatic nitrogens is 1. The molecule has 0 unspecified atom stereocenters. The zero-order valence-corrected chi connectivity index (χ0v) is 16.3. The molecule has 0 fully saturated rings. The van der Waals surface area contributed by atoms with Crippen LogP contribution in [0.1, 0.15) is 6.42 Å². The molecule has 0 saturated heterocycles. The highest BCUT2D eigenvalue weighted by molar-refractivity contribution is 6.39. The van der Waals surface area contributed by atoms with Crippen LogP contribution in [0.5, 0.6) is 0 Å². The molecule has 0 aliphatic carbocycles. The first kappa shape index (κ1) is 19.3. The van der Waals surface area contributed by atoms with E-state index in [-0.39, 0.29) is 18.4 Å². The van der Waals surface area contributed by atoms with Crippen molar-refractivity contribution in [1.29, 1.82) is 0 Å². The molecule has 2 amide bonds. The number of amides is 2. The van der Waals surface area contributed by atoms with Crippen LogP contribution in [0, 0.1) is 0 Å². The summed E-state index contributed by atoms with van der Waals surface area (Å²) in [5, 5.41) is 4.49. The van der Waals surface area contributed by atoms with Gasteiger partial charge in [-0.25, -0.2) is 0 Å². The standard InChI is InChI=1S/C20H19Cl2N3O2/c1-24(13-18(26)23-20-15(21)6-4-7-16(20)22)19(27)10-12-25-11-9-14-5-2-3-8-17(14)25/h2-9,11H,10,12-13H2,1H3,(H,23,26). The normalized spacial score (nSPS) is 10.8. The van der Waals surface area contributed by atoms with Gasteiger partial charge in [0.05, 0.1) is 22.3 Å². The number of rotatable bonds is 6. The van der Waals surface area contributed by atoms with E-state index >= 15 is 0 Å². The number of hydrogen-bond donors (Lipinski definition) is 1. The van der Waals surface area contributed by atoms with E-state index in [1.165, 1.54) is 4.90 Å². The summed E-state index contributed by atoms with van der Waals surface area (Å²) in [5.74, 6) is -0.472. The Morgan fingerprint density at radius 3 is 2.48 bits per heavy atom. The SMILES string of the molecule is CN(CC(=O)Nc1c(Cl)cccc1Cl)C(=O)CCn1ccc2ccccc21. The van der Waals surface area contributed by atoms with E-state index in [0.29, 0.717) is 28.7 Å². The van der Waals surface area contributed by atoms with Crippen molar-refractivity contribution in [2.24, 2.45) is 0 Å². The van der Waals surface area contributed by atoms with E-state index in [1.54, 1.807) is 25.2 Å². The van der Waals surface area contributed by atoms with Gasteiger partial charge in [0.1, 0.15) is 0 Å². The van der Waals surface area contributed by atoms with E-state index in [4.69, 9.17) is 23.2 Å². The summed E-state index contributed by atoms with van der Waals surface area (Å²) in [7, 11) is 1.60. The lowest BCUT2D eigenvalue weighted by molar-refractivity contribution is -0.133. The maximum absolute atomic E-state index is 12.4. The third-order valence-corrected chi connectivity index (χ3v) is 4.91. The van der Waals surface area contributed by atoms with E-state index in [1.807, 2.05) is 41.1 Å². The van der Waals surface area contributed by atoms with E-state index in [9.17, 15) is 9.59 Å². The minimum Gasteiger partial charge on any atom is -0.347 e. The Morgan fingerprint density at radius 2 is 1.74 bits per heavy atom. The molecule has 1 aromatic heterocycles. The van der Waals surface area contributed by atoms with Crippen molar-refractivity contribution in [3.05, 3.63) is 64.8 Å². The quantitative estimate of drug-likeness (QED) is 0.661. The third-order valence-electron chi connectivity index (χ3n) is 4.28. The molecule has 140 valence electrons. The van der Waals surface area contributed by atoms with Gasteiger partial charge < -0.3 is 14.8 Å². The number of hydrogen-bond acceptors (Lipinski definition) is 2. The lowest BCUT2D eigenvalue weighted by atomic mass is 10.2. The molecule has 0 aliphatic heterocycles. The van der Waals surface area contributed by atoms with Crippen LogP contribution in [-0.2, 0) is 16.1 Å². The Labute approximate surface area is 167 Å². The predicted molar refractivity (Wildman–Crippen MR) is 109 cm³/mol. The van der Waals surface area contributed by atoms with Crippen LogP contribution in [0.4, 0.5) is 5.69 Å². The number of nitrogens with zero attached hydrogens (tertiary/aromatic N) is 2. The van der Waals surface area contributed by atoms with Crippen LogP contribution in [0.15, 0.2) is 54.7 Å². The number of likely N-dealkylation sites (N-methyl/N-ethyl adjacent to an activating group) is 1. The van der Waals surface area contributed by atoms with Gasteiger partial charge in [0.25, 0.3) is 0 Å². The molecule has 1 N–H and O–H groups in total. The number of para-hydroxylation sites is 2. The summed E-state index contributed by atoms with van der Waals surface area (Å²) in [6.45, 7) is 0.474. The summed E-state index contributed by atoms with van der Waals surface area (Å²) >= 11 is 12.1. The fraction of sp³-hybridized carbons (Fsp3) is 0.200. The van der Waals surface area contributed by atoms with Crippen LogP contribution in [0.2, 0.25) is 10.0 Å². The highest BCUT2D eigenvalue weighted by atomic mass is 35.5. The van der Waals surface area contributed by atoms with Gasteiger partial charge in [0.15, 0.2) is 0 Å². The van der Waals surface area contributed by atoms with Crippen LogP contribution < -0.4 is 5.32 Å². The molecule has 3 rings (SSSR count). The molecule has 27 heavy (non-hydrogen) atoms. The van der Waals surface area contributed by atoms with Gasteiger partial charge in [-0.1, -0.05) is 47.5 Å². The number of carbonyl (C=O) groups is 2. The minimum atomic E-state index is -0.354. The number of aryl methyl sites for hydroxylation is 1. The molecule has 7 heteroatoms. The number of carbonyl (C=O) groups excluding carboxylic acids is 2. The fourth-order valence-corrected chi connectivity index (χ4v) is 3.33. The van der Waals surface area contributed by atoms with Gasteiger partial charge in [-0.05, 0) is 29.7 Å². The molecule has 0 bridgehead atoms. The summed E-state index contributed by atoms with van der Waals surface area (Å²) in [4.78, 5) is 26.0. The number of halogens is 2. The van der Waals surface area contributed by atoms with Crippen molar-refractivity contribution in [2.75, 3.05) is 18.9 Å². The molecule has 0 spiro atoms. The van der Waals surface area contributed by atoms with Gasteiger partial charge in [0.2, 0.25) is 11.8 Å². The van der Waals surface area contributed by atoms with Crippen LogP contribution in [0.3, 0.4) is 0 Å². The highest BCUT2D eigenvalue weighted by Gasteiger charge is 2.15. The topological polar surface area (TPSA) is 54.3 Å². The molecule has 5 nitrogen and oxygen atoms in total. The first-order valence-electron chi connectivity index (χ1n) is 8.47. The lowest BCUT2D eigenvalue weighted by Crippen LogP contribution is -2.35. The predicted octanol–water partition coefficient (Wildman–Crippen LogP) is 4.44. The van der Waals surface area contributed by atoms with Crippen molar-refractivity contribution in [1.82, 2.24) is 9.47 Å². The van der Waals surface area contributed by atoms with Crippen LogP contribution in [0.25, 0.3) is 10.9 Å². The molecule has 3 aromatic rings. The Hall–Kier alpha value is -2.50. The lowest BCUT2D eigenvalue weighted by Gasteiger charge is -2.18. The minimum absolute atomic E-state index is 0.0766. The molecule has 0 atom stereocenters. The van der Waals surface area contributed by atoms with Gasteiger partial charge >= 0.3 is 0 Å². The fourth-order valence-electron chi connectivity index (χ4n) is 2.84. The monoisotopic (exact) mass is 403 g/mol. The zero-order chi connectivity index (χ0) is 19.4. The summed E-state index contributed by atoms with van der Waals surface area (Å²) < 4.78 is 2.03. The number of fused-ring (bicyclic) bond motifs is 1. The Kier molecular flexibility index (Phi) is 6.04. The molecule has 0 saturated carbocycles. The average Bonchev–Trinajstić information content (AvgIpc) is 3.06. The second-order valence-electron chi connectivity index (χ2n) is 6.21. The first-order chi connectivity index (χ1) is 13.0. The van der Waals surface area contributed by atoms with Crippen molar-refractivity contribution >= 4 is 51.6 Å². The molecular formula is C20H19Cl2N3O2. The number of anilines is 1. The zero-order valence-electron chi connectivity index (χ0n) is 14.8. The summed E-state index contributed by atoms with van der Waals surface area (Å²) in [5.41, 5.74) is 1.43.